The van der Waals surface area contributed by atoms with Crippen molar-refractivity contribution in [3.63, 3.8) is 0 Å². The van der Waals surface area contributed by atoms with Gasteiger partial charge in [0.15, 0.2) is 40.0 Å². The number of nitrogen functional groups attached to an aromatic ring is 7. The van der Waals surface area contributed by atoms with Crippen LogP contribution in [0.1, 0.15) is 26.7 Å². The zero-order valence-corrected chi connectivity index (χ0v) is 46.2. The number of nitrogens with zero attached hydrogens (tertiary/aromatic N) is 16. The molecule has 78 heavy (non-hydrogen) atoms. The number of epoxide rings is 1. The Morgan fingerprint density at radius 3 is 1.50 bits per heavy atom. The van der Waals surface area contributed by atoms with Crippen LogP contribution in [-0.4, -0.2) is 200 Å². The Balaban J connectivity index is 0.000000472. The Kier molecular flexibility index (Phi) is 30.9. The van der Waals surface area contributed by atoms with E-state index in [-0.39, 0.29) is 103 Å². The van der Waals surface area contributed by atoms with Crippen molar-refractivity contribution >= 4 is 85.8 Å². The molecule has 0 spiro atoms. The van der Waals surface area contributed by atoms with Crippen LogP contribution in [0.5, 0.6) is 0 Å². The van der Waals surface area contributed by atoms with E-state index in [0.29, 0.717) is 63.9 Å². The predicted molar refractivity (Wildman–Crippen MR) is 283 cm³/mol. The van der Waals surface area contributed by atoms with Crippen molar-refractivity contribution in [2.75, 3.05) is 95.4 Å². The zero-order chi connectivity index (χ0) is 57.9. The van der Waals surface area contributed by atoms with Crippen LogP contribution in [-0.2, 0) is 33.8 Å². The van der Waals surface area contributed by atoms with Gasteiger partial charge in [0.1, 0.15) is 27.9 Å². The Bertz CT molecular complexity index is 2950. The second-order valence-corrected chi connectivity index (χ2v) is 15.6. The summed E-state index contributed by atoms with van der Waals surface area (Å²) in [5.41, 5.74) is 41.8. The molecule has 0 radical (unpaired) electrons. The van der Waals surface area contributed by atoms with Gasteiger partial charge in [-0.3, -0.25) is 9.88 Å². The summed E-state index contributed by atoms with van der Waals surface area (Å²) >= 11 is 0. The standard InChI is InChI=1S/C9H14N6O.C8H12N6O2.C8H11N5O3.C5H6N6.C5H13NO2.C4H8O.CH4O.HNO2.Na/c1-2-5(16)3-15-4-12-6-7(10)13-9(11)14-8(6)15;9-6-5-7(13-8(10)12-6)14(3-11-5)1-4(16)2-15;9-6-5-7(12-8(16)11-6)13(3-10-5)1-4(15)2-14;6-3-2-4(9-1-8-2)11-5(7)10-3;1-6(2)5(7-3)8-4;1-2-4-3-5-4;1-2;2-1-3;/h4-5,16H,2-3H2,1H3,(H4,10,11,13,14);3-4,15-16H,1-2H2,(H4,9,10,12,13);3-4,14-15H,1-2H2,(H3,9,11,12,16);1H,(H5,6,7,8,9,10,11);5H,1-4H3;4H,2-3H2,1H3;2H,1H3;(H,2,3);/q;;;;;;;;+1/p-1/t5-;2*4-;;;4-;;;/m100..1.../s1. The topological polar surface area (TPSA) is 595 Å². The summed E-state index contributed by atoms with van der Waals surface area (Å²) in [5.74, 6) is 1.20. The first kappa shape index (κ1) is 68.6. The number of aliphatic hydroxyl groups is 6. The fourth-order valence-corrected chi connectivity index (χ4v) is 5.97. The average molecular weight is 1110 g/mol. The molecule has 22 N–H and O–H groups in total. The van der Waals surface area contributed by atoms with Crippen molar-refractivity contribution < 1.29 is 74.4 Å². The molecule has 9 rings (SSSR count). The van der Waals surface area contributed by atoms with Crippen molar-refractivity contribution in [2.45, 2.75) is 77.2 Å². The van der Waals surface area contributed by atoms with E-state index in [1.165, 1.54) is 30.0 Å². The molecule has 0 unspecified atom stereocenters. The first-order chi connectivity index (χ1) is 36.7. The van der Waals surface area contributed by atoms with E-state index < -0.39 is 24.0 Å². The third kappa shape index (κ3) is 21.6. The van der Waals surface area contributed by atoms with Crippen molar-refractivity contribution in [1.29, 1.82) is 0 Å². The number of fused-ring (bicyclic) bond motifs is 4. The van der Waals surface area contributed by atoms with Crippen molar-refractivity contribution in [1.82, 2.24) is 83.4 Å². The van der Waals surface area contributed by atoms with Crippen molar-refractivity contribution in [3.05, 3.63) is 45.9 Å². The molecule has 9 heterocycles. The molecular weight excluding hydrogens is 1050 g/mol. The molecule has 1 fully saturated rings. The number of hydrogen-bond donors (Lipinski definition) is 15. The van der Waals surface area contributed by atoms with Crippen LogP contribution in [0.15, 0.2) is 35.4 Å². The zero-order valence-electron chi connectivity index (χ0n) is 44.2. The number of anilines is 7. The molecule has 0 bridgehead atoms. The van der Waals surface area contributed by atoms with Crippen LogP contribution in [0.2, 0.25) is 0 Å². The van der Waals surface area contributed by atoms with Gasteiger partial charge in [0.2, 0.25) is 24.3 Å². The van der Waals surface area contributed by atoms with E-state index in [0.717, 1.165) is 19.1 Å². The number of H-pyrrole nitrogens is 2. The van der Waals surface area contributed by atoms with E-state index in [1.54, 1.807) is 29.7 Å². The fourth-order valence-electron chi connectivity index (χ4n) is 5.97. The van der Waals surface area contributed by atoms with E-state index in [4.69, 9.17) is 79.8 Å². The molecule has 37 nitrogen and oxygen atoms in total. The van der Waals surface area contributed by atoms with E-state index >= 15 is 0 Å². The molecule has 0 aliphatic carbocycles. The molecule has 1 aliphatic heterocycles. The number of aromatic amines is 2. The minimum absolute atomic E-state index is 0. The number of nitrogens with two attached hydrogens (primary N) is 7. The Labute approximate surface area is 465 Å². The predicted octanol–water partition coefficient (Wildman–Crippen LogP) is -6.54. The number of ether oxygens (including phenoxy) is 3. The normalized spacial score (nSPS) is 13.1. The number of nitrogens with one attached hydrogen (secondary N) is 2. The number of imidazole rings is 4. The Hall–Kier alpha value is -7.40. The van der Waals surface area contributed by atoms with Gasteiger partial charge in [0, 0.05) is 21.3 Å². The van der Waals surface area contributed by atoms with Crippen molar-refractivity contribution in [3.8, 4) is 0 Å². The van der Waals surface area contributed by atoms with Crippen molar-refractivity contribution in [2.24, 2.45) is 5.34 Å². The largest absolute Gasteiger partial charge is 1.00 e. The van der Waals surface area contributed by atoms with Gasteiger partial charge in [-0.1, -0.05) is 13.8 Å². The number of rotatable bonds is 13. The maximum atomic E-state index is 11.1. The van der Waals surface area contributed by atoms with Gasteiger partial charge in [0.05, 0.1) is 89.2 Å². The molecular formula is C40H68N25NaO12. The van der Waals surface area contributed by atoms with Gasteiger partial charge < -0.3 is 114 Å². The molecule has 1 aliphatic rings. The van der Waals surface area contributed by atoms with E-state index in [1.807, 2.05) is 25.9 Å². The minimum atomic E-state index is -0.931. The van der Waals surface area contributed by atoms with Gasteiger partial charge in [-0.2, -0.15) is 34.9 Å². The third-order valence-electron chi connectivity index (χ3n) is 9.66. The summed E-state index contributed by atoms with van der Waals surface area (Å²) in [7, 11) is 7.98. The molecule has 38 heteroatoms. The van der Waals surface area contributed by atoms with Crippen LogP contribution < -0.4 is 75.4 Å². The molecule has 0 aromatic carbocycles. The monoisotopic (exact) mass is 1110 g/mol. The fraction of sp³-hybridized carbons (Fsp3) is 0.500. The van der Waals surface area contributed by atoms with Gasteiger partial charge in [-0.25, -0.2) is 24.7 Å². The summed E-state index contributed by atoms with van der Waals surface area (Å²) in [5, 5.41) is 61.6. The van der Waals surface area contributed by atoms with Crippen LogP contribution in [0.4, 0.5) is 41.1 Å². The minimum Gasteiger partial charge on any atom is -0.444 e. The summed E-state index contributed by atoms with van der Waals surface area (Å²) in [4.78, 5) is 68.9. The SMILES string of the molecule is CC[C@@H](O)Cn1cnc2c(N)nc(N)nc21.CC[C@@H]1CO1.CO.COC(OC)N(C)C.Nc1[nH]c(=O)nc2c1ncn2C[C@H](O)CO.Nc1nc(N)c2[nH]cnc2n1.Nc1nc(N)c2ncn(C[C@H](O)CO)c2n1.O=N[O-].[Na+]. The van der Waals surface area contributed by atoms with Gasteiger partial charge >= 0.3 is 35.2 Å². The van der Waals surface area contributed by atoms with Gasteiger partial charge in [-0.15, -0.1) is 5.34 Å². The van der Waals surface area contributed by atoms with Crippen LogP contribution in [0.3, 0.4) is 0 Å². The maximum Gasteiger partial charge on any atom is 1.00 e. The second-order valence-electron chi connectivity index (χ2n) is 15.6. The first-order valence-corrected chi connectivity index (χ1v) is 22.6. The van der Waals surface area contributed by atoms with Gasteiger partial charge in [-0.05, 0) is 26.9 Å². The van der Waals surface area contributed by atoms with E-state index in [2.05, 4.69) is 71.7 Å². The maximum absolute atomic E-state index is 11.1. The first-order valence-electron chi connectivity index (χ1n) is 22.6. The molecule has 8 aromatic rings. The third-order valence-corrected chi connectivity index (χ3v) is 9.66. The summed E-state index contributed by atoms with van der Waals surface area (Å²) in [6, 6.07) is 0. The molecule has 0 saturated carbocycles. The number of aromatic nitrogens is 16. The summed E-state index contributed by atoms with van der Waals surface area (Å²) in [6.45, 7) is 5.03. The number of aliphatic hydroxyl groups excluding tert-OH is 6. The molecule has 8 aromatic heterocycles. The van der Waals surface area contributed by atoms with Gasteiger partial charge in [0.25, 0.3) is 0 Å². The van der Waals surface area contributed by atoms with Crippen LogP contribution in [0.25, 0.3) is 44.7 Å². The Morgan fingerprint density at radius 2 is 1.13 bits per heavy atom. The molecule has 0 amide bonds. The number of hydrogen-bond acceptors (Lipinski definition) is 32. The molecule has 4 atom stereocenters. The average Bonchev–Trinajstić information content (AvgIpc) is 3.62. The smallest absolute Gasteiger partial charge is 0.444 e. The number of methoxy groups -OCH3 is 2. The van der Waals surface area contributed by atoms with Crippen LogP contribution >= 0.6 is 0 Å². The molecule has 1 saturated heterocycles. The Morgan fingerprint density at radius 1 is 0.718 bits per heavy atom. The van der Waals surface area contributed by atoms with E-state index in [9.17, 15) is 20.1 Å². The van der Waals surface area contributed by atoms with Crippen LogP contribution in [0, 0.1) is 10.1 Å². The molecule has 426 valence electrons. The summed E-state index contributed by atoms with van der Waals surface area (Å²) in [6.07, 6.45) is 5.97. The quantitative estimate of drug-likeness (QED) is 0.0168. The second kappa shape index (κ2) is 35.1. The summed E-state index contributed by atoms with van der Waals surface area (Å²) < 4.78 is 19.3.